The van der Waals surface area contributed by atoms with Gasteiger partial charge < -0.3 is 15.4 Å². The third-order valence-electron chi connectivity index (χ3n) is 6.07. The molecule has 0 bridgehead atoms. The van der Waals surface area contributed by atoms with E-state index in [4.69, 9.17) is 4.74 Å². The zero-order chi connectivity index (χ0) is 23.6. The fourth-order valence-electron chi connectivity index (χ4n) is 4.58. The molecule has 2 aromatic rings. The van der Waals surface area contributed by atoms with Gasteiger partial charge in [0.05, 0.1) is 11.3 Å². The summed E-state index contributed by atoms with van der Waals surface area (Å²) in [6.07, 6.45) is 3.42. The Labute approximate surface area is 190 Å². The highest BCUT2D eigenvalue weighted by molar-refractivity contribution is 6.30. The highest BCUT2D eigenvalue weighted by Crippen LogP contribution is 2.32. The van der Waals surface area contributed by atoms with Gasteiger partial charge >= 0.3 is 5.97 Å². The maximum Gasteiger partial charge on any atom is 0.332 e. The third kappa shape index (κ3) is 4.28. The average molecular weight is 448 g/mol. The molecule has 0 unspecified atom stereocenters. The summed E-state index contributed by atoms with van der Waals surface area (Å²) in [6, 6.07) is 11.2. The van der Waals surface area contributed by atoms with E-state index in [0.29, 0.717) is 18.4 Å². The number of carbonyl (C=O) groups excluding carboxylic acids is 5. The molecule has 2 aromatic carbocycles. The smallest absolute Gasteiger partial charge is 0.332 e. The number of nitrogens with one attached hydrogen (secondary N) is 2. The molecule has 0 aliphatic heterocycles. The number of hydrogen-bond acceptors (Lipinski definition) is 6. The fraction of sp³-hybridized carbons (Fsp3) is 0.320. The SMILES string of the molecule is CC(=O)NC1(C(=O)OCC(=O)Nc2cccc3c2C(=O)c2ccccc2C3=O)CCCCC1. The Morgan fingerprint density at radius 1 is 0.879 bits per heavy atom. The Hall–Kier alpha value is -3.81. The number of ether oxygens (including phenoxy) is 1. The largest absolute Gasteiger partial charge is 0.454 e. The standard InChI is InChI=1S/C25H24N2O6/c1-15(28)27-25(12-5-2-6-13-25)24(32)33-14-20(29)26-19-11-7-10-18-21(19)23(31)17-9-4-3-8-16(17)22(18)30/h3-4,7-11H,2,5-6,12-14H2,1H3,(H,26,29)(H,27,28). The number of fused-ring (bicyclic) bond motifs is 2. The van der Waals surface area contributed by atoms with Crippen molar-refractivity contribution < 1.29 is 28.7 Å². The minimum atomic E-state index is -1.12. The van der Waals surface area contributed by atoms with Gasteiger partial charge in [0.1, 0.15) is 5.54 Å². The normalized spacial score (nSPS) is 16.3. The number of ketones is 2. The lowest BCUT2D eigenvalue weighted by Gasteiger charge is -2.35. The molecule has 2 N–H and O–H groups in total. The van der Waals surface area contributed by atoms with Gasteiger partial charge in [-0.25, -0.2) is 4.79 Å². The summed E-state index contributed by atoms with van der Waals surface area (Å²) in [5.41, 5.74) is -0.0257. The first-order valence-corrected chi connectivity index (χ1v) is 10.9. The molecule has 0 heterocycles. The molecule has 4 rings (SSSR count). The van der Waals surface area contributed by atoms with Crippen LogP contribution in [0.5, 0.6) is 0 Å². The molecule has 0 saturated heterocycles. The predicted octanol–water partition coefficient (Wildman–Crippen LogP) is 2.78. The van der Waals surface area contributed by atoms with E-state index in [1.54, 1.807) is 36.4 Å². The quantitative estimate of drug-likeness (QED) is 0.580. The van der Waals surface area contributed by atoms with Crippen molar-refractivity contribution >= 4 is 35.0 Å². The van der Waals surface area contributed by atoms with E-state index >= 15 is 0 Å². The molecule has 33 heavy (non-hydrogen) atoms. The molecule has 8 heteroatoms. The monoisotopic (exact) mass is 448 g/mol. The molecule has 2 aliphatic carbocycles. The summed E-state index contributed by atoms with van der Waals surface area (Å²) in [5.74, 6) is -2.29. The van der Waals surface area contributed by atoms with Gasteiger partial charge in [-0.15, -0.1) is 0 Å². The molecular weight excluding hydrogens is 424 g/mol. The number of benzene rings is 2. The molecule has 0 radical (unpaired) electrons. The Kier molecular flexibility index (Phi) is 6.09. The highest BCUT2D eigenvalue weighted by Gasteiger charge is 2.42. The number of rotatable bonds is 5. The number of amides is 2. The first-order valence-electron chi connectivity index (χ1n) is 10.9. The lowest BCUT2D eigenvalue weighted by atomic mass is 9.81. The summed E-state index contributed by atoms with van der Waals surface area (Å²) >= 11 is 0. The van der Waals surface area contributed by atoms with Gasteiger partial charge in [-0.2, -0.15) is 0 Å². The van der Waals surface area contributed by atoms with Gasteiger partial charge in [0.2, 0.25) is 5.91 Å². The van der Waals surface area contributed by atoms with E-state index < -0.39 is 24.0 Å². The van der Waals surface area contributed by atoms with E-state index in [1.807, 2.05) is 0 Å². The van der Waals surface area contributed by atoms with Gasteiger partial charge in [0, 0.05) is 23.6 Å². The number of hydrogen-bond donors (Lipinski definition) is 2. The van der Waals surface area contributed by atoms with Gasteiger partial charge in [-0.3, -0.25) is 19.2 Å². The molecule has 0 spiro atoms. The van der Waals surface area contributed by atoms with Crippen molar-refractivity contribution in [1.29, 1.82) is 0 Å². The van der Waals surface area contributed by atoms with Gasteiger partial charge in [0.15, 0.2) is 18.2 Å². The zero-order valence-electron chi connectivity index (χ0n) is 18.2. The van der Waals surface area contributed by atoms with Gasteiger partial charge in [-0.05, 0) is 18.9 Å². The Bertz CT molecular complexity index is 1160. The Balaban J connectivity index is 1.49. The van der Waals surface area contributed by atoms with Crippen LogP contribution < -0.4 is 10.6 Å². The van der Waals surface area contributed by atoms with Crippen LogP contribution in [0.3, 0.4) is 0 Å². The molecule has 1 saturated carbocycles. The topological polar surface area (TPSA) is 119 Å². The van der Waals surface area contributed by atoms with Crippen molar-refractivity contribution in [1.82, 2.24) is 5.32 Å². The Morgan fingerprint density at radius 2 is 1.52 bits per heavy atom. The summed E-state index contributed by atoms with van der Waals surface area (Å²) in [5, 5.41) is 5.29. The van der Waals surface area contributed by atoms with Crippen LogP contribution in [0.1, 0.15) is 70.9 Å². The predicted molar refractivity (Wildman–Crippen MR) is 119 cm³/mol. The van der Waals surface area contributed by atoms with Crippen LogP contribution >= 0.6 is 0 Å². The molecule has 8 nitrogen and oxygen atoms in total. The molecule has 1 fully saturated rings. The number of anilines is 1. The van der Waals surface area contributed by atoms with E-state index in [0.717, 1.165) is 19.3 Å². The Morgan fingerprint density at radius 3 is 2.18 bits per heavy atom. The van der Waals surface area contributed by atoms with Crippen LogP contribution in [0.4, 0.5) is 5.69 Å². The second kappa shape index (κ2) is 8.97. The first-order chi connectivity index (χ1) is 15.8. The second-order valence-corrected chi connectivity index (χ2v) is 8.38. The van der Waals surface area contributed by atoms with E-state index in [2.05, 4.69) is 10.6 Å². The molecule has 0 aromatic heterocycles. The summed E-state index contributed by atoms with van der Waals surface area (Å²) in [4.78, 5) is 62.8. The van der Waals surface area contributed by atoms with Crippen LogP contribution in [0.25, 0.3) is 0 Å². The maximum absolute atomic E-state index is 13.0. The van der Waals surface area contributed by atoms with Crippen LogP contribution in [-0.2, 0) is 19.1 Å². The summed E-state index contributed by atoms with van der Waals surface area (Å²) < 4.78 is 5.25. The van der Waals surface area contributed by atoms with Crippen LogP contribution in [0.2, 0.25) is 0 Å². The van der Waals surface area contributed by atoms with Crippen molar-refractivity contribution in [2.75, 3.05) is 11.9 Å². The zero-order valence-corrected chi connectivity index (χ0v) is 18.2. The van der Waals surface area contributed by atoms with Crippen molar-refractivity contribution in [2.24, 2.45) is 0 Å². The molecular formula is C25H24N2O6. The van der Waals surface area contributed by atoms with Gasteiger partial charge in [0.25, 0.3) is 5.91 Å². The minimum Gasteiger partial charge on any atom is -0.454 e. The molecule has 0 atom stereocenters. The number of carbonyl (C=O) groups is 5. The average Bonchev–Trinajstić information content (AvgIpc) is 2.81. The summed E-state index contributed by atoms with van der Waals surface area (Å²) in [6.45, 7) is 0.758. The van der Waals surface area contributed by atoms with Crippen LogP contribution in [0.15, 0.2) is 42.5 Å². The van der Waals surface area contributed by atoms with E-state index in [9.17, 15) is 24.0 Å². The van der Waals surface area contributed by atoms with Crippen molar-refractivity contribution in [2.45, 2.75) is 44.6 Å². The fourth-order valence-corrected chi connectivity index (χ4v) is 4.58. The highest BCUT2D eigenvalue weighted by atomic mass is 16.5. The molecule has 2 aliphatic rings. The summed E-state index contributed by atoms with van der Waals surface area (Å²) in [7, 11) is 0. The maximum atomic E-state index is 13.0. The van der Waals surface area contributed by atoms with E-state index in [-0.39, 0.29) is 39.9 Å². The third-order valence-corrected chi connectivity index (χ3v) is 6.07. The van der Waals surface area contributed by atoms with Crippen LogP contribution in [-0.4, -0.2) is 41.5 Å². The van der Waals surface area contributed by atoms with Crippen molar-refractivity contribution in [3.63, 3.8) is 0 Å². The molecule has 170 valence electrons. The minimum absolute atomic E-state index is 0.114. The number of esters is 1. The van der Waals surface area contributed by atoms with Crippen molar-refractivity contribution in [3.8, 4) is 0 Å². The van der Waals surface area contributed by atoms with Crippen LogP contribution in [0, 0.1) is 0 Å². The van der Waals surface area contributed by atoms with Crippen molar-refractivity contribution in [3.05, 3.63) is 64.7 Å². The van der Waals surface area contributed by atoms with Gasteiger partial charge in [-0.1, -0.05) is 55.7 Å². The molecule has 2 amide bonds. The second-order valence-electron chi connectivity index (χ2n) is 8.38. The van der Waals surface area contributed by atoms with E-state index in [1.165, 1.54) is 13.0 Å². The lowest BCUT2D eigenvalue weighted by Crippen LogP contribution is -2.56. The lowest BCUT2D eigenvalue weighted by molar-refractivity contribution is -0.157. The first kappa shape index (κ1) is 22.4.